The Morgan fingerprint density at radius 2 is 1.83 bits per heavy atom. The van der Waals surface area contributed by atoms with Gasteiger partial charge in [0.1, 0.15) is 0 Å². The molecule has 0 bridgehead atoms. The van der Waals surface area contributed by atoms with Gasteiger partial charge in [-0.25, -0.2) is 4.79 Å². The van der Waals surface area contributed by atoms with Crippen LogP contribution >= 0.6 is 0 Å². The van der Waals surface area contributed by atoms with E-state index >= 15 is 0 Å². The van der Waals surface area contributed by atoms with Gasteiger partial charge in [-0.15, -0.1) is 0 Å². The van der Waals surface area contributed by atoms with Crippen LogP contribution < -0.4 is 0 Å². The van der Waals surface area contributed by atoms with Crippen molar-refractivity contribution in [2.24, 2.45) is 5.92 Å². The number of carbonyl (C=O) groups is 2. The van der Waals surface area contributed by atoms with Crippen molar-refractivity contribution in [3.05, 3.63) is 35.5 Å². The van der Waals surface area contributed by atoms with Gasteiger partial charge in [-0.2, -0.15) is 0 Å². The zero-order chi connectivity index (χ0) is 13.4. The van der Waals surface area contributed by atoms with Crippen LogP contribution in [0.15, 0.2) is 24.3 Å². The fourth-order valence-electron chi connectivity index (χ4n) is 2.18. The van der Waals surface area contributed by atoms with Crippen molar-refractivity contribution in [3.8, 4) is 0 Å². The van der Waals surface area contributed by atoms with Crippen molar-refractivity contribution in [2.45, 2.75) is 20.8 Å². The summed E-state index contributed by atoms with van der Waals surface area (Å²) in [4.78, 5) is 23.5. The van der Waals surface area contributed by atoms with Crippen LogP contribution in [0.1, 0.15) is 34.7 Å². The van der Waals surface area contributed by atoms with E-state index in [9.17, 15) is 14.7 Å². The van der Waals surface area contributed by atoms with Gasteiger partial charge in [-0.05, 0) is 13.0 Å². The molecule has 2 rings (SSSR count). The maximum Gasteiger partial charge on any atom is 0.338 e. The Labute approximate surface area is 105 Å². The molecule has 0 unspecified atom stereocenters. The van der Waals surface area contributed by atoms with Gasteiger partial charge in [0.15, 0.2) is 0 Å². The highest BCUT2D eigenvalue weighted by molar-refractivity contribution is 6.08. The molecule has 0 spiro atoms. The second kappa shape index (κ2) is 4.29. The molecule has 1 heterocycles. The number of rotatable bonds is 2. The van der Waals surface area contributed by atoms with Gasteiger partial charge >= 0.3 is 5.97 Å². The Bertz CT molecular complexity index is 638. The number of fused-ring (bicyclic) bond motifs is 1. The summed E-state index contributed by atoms with van der Waals surface area (Å²) >= 11 is 0. The Balaban J connectivity index is 2.86. The molecule has 0 saturated heterocycles. The normalized spacial score (nSPS) is 11.1. The van der Waals surface area contributed by atoms with Crippen LogP contribution in [0.3, 0.4) is 0 Å². The number of hydrogen-bond acceptors (Lipinski definition) is 2. The number of carbonyl (C=O) groups excluding carboxylic acids is 1. The molecule has 0 fully saturated rings. The molecule has 0 aliphatic rings. The highest BCUT2D eigenvalue weighted by atomic mass is 16.4. The molecule has 1 aromatic heterocycles. The minimum atomic E-state index is -1.00. The average molecular weight is 245 g/mol. The van der Waals surface area contributed by atoms with Crippen molar-refractivity contribution in [1.29, 1.82) is 0 Å². The van der Waals surface area contributed by atoms with Crippen molar-refractivity contribution in [2.75, 3.05) is 0 Å². The molecule has 4 nitrogen and oxygen atoms in total. The summed E-state index contributed by atoms with van der Waals surface area (Å²) in [5.41, 5.74) is 1.35. The molecule has 0 saturated carbocycles. The molecule has 0 atom stereocenters. The molecular weight excluding hydrogens is 230 g/mol. The lowest BCUT2D eigenvalue weighted by atomic mass is 10.1. The van der Waals surface area contributed by atoms with Gasteiger partial charge in [0.05, 0.1) is 11.1 Å². The van der Waals surface area contributed by atoms with E-state index in [2.05, 4.69) is 0 Å². The van der Waals surface area contributed by atoms with E-state index in [0.717, 1.165) is 0 Å². The Kier molecular flexibility index (Phi) is 2.95. The lowest BCUT2D eigenvalue weighted by Gasteiger charge is -2.09. The molecule has 2 aromatic rings. The van der Waals surface area contributed by atoms with Crippen LogP contribution in [0.5, 0.6) is 0 Å². The molecule has 0 amide bonds. The van der Waals surface area contributed by atoms with Gasteiger partial charge in [0.2, 0.25) is 5.91 Å². The second-order valence-corrected chi connectivity index (χ2v) is 4.61. The summed E-state index contributed by atoms with van der Waals surface area (Å²) in [6.07, 6.45) is 0. The zero-order valence-electron chi connectivity index (χ0n) is 10.6. The third-order valence-electron chi connectivity index (χ3n) is 3.04. The SMILES string of the molecule is Cc1c(C(=O)O)c2ccccc2n1C(=O)C(C)C. The minimum Gasteiger partial charge on any atom is -0.478 e. The topological polar surface area (TPSA) is 59.3 Å². The highest BCUT2D eigenvalue weighted by Crippen LogP contribution is 2.26. The van der Waals surface area contributed by atoms with Gasteiger partial charge in [-0.3, -0.25) is 9.36 Å². The first-order valence-electron chi connectivity index (χ1n) is 5.82. The van der Waals surface area contributed by atoms with Gasteiger partial charge < -0.3 is 5.11 Å². The highest BCUT2D eigenvalue weighted by Gasteiger charge is 2.23. The van der Waals surface area contributed by atoms with Crippen LogP contribution in [0, 0.1) is 12.8 Å². The third-order valence-corrected chi connectivity index (χ3v) is 3.04. The number of nitrogens with zero attached hydrogens (tertiary/aromatic N) is 1. The average Bonchev–Trinajstić information content (AvgIpc) is 2.60. The van der Waals surface area contributed by atoms with Crippen LogP contribution in [0.4, 0.5) is 0 Å². The van der Waals surface area contributed by atoms with Crippen molar-refractivity contribution in [1.82, 2.24) is 4.57 Å². The van der Waals surface area contributed by atoms with Crippen LogP contribution in [-0.4, -0.2) is 21.6 Å². The van der Waals surface area contributed by atoms with E-state index in [1.807, 2.05) is 0 Å². The molecular formula is C14H15NO3. The van der Waals surface area contributed by atoms with E-state index in [0.29, 0.717) is 16.6 Å². The number of aromatic nitrogens is 1. The van der Waals surface area contributed by atoms with Crippen molar-refractivity contribution in [3.63, 3.8) is 0 Å². The van der Waals surface area contributed by atoms with E-state index in [4.69, 9.17) is 0 Å². The maximum absolute atomic E-state index is 12.2. The standard InChI is InChI=1S/C14H15NO3/c1-8(2)13(16)15-9(3)12(14(17)18)10-6-4-5-7-11(10)15/h4-8H,1-3H3,(H,17,18). The number of hydrogen-bond donors (Lipinski definition) is 1. The summed E-state index contributed by atoms with van der Waals surface area (Å²) in [5.74, 6) is -1.27. The van der Waals surface area contributed by atoms with Gasteiger partial charge in [0, 0.05) is 17.0 Å². The molecule has 0 radical (unpaired) electrons. The Hall–Kier alpha value is -2.10. The van der Waals surface area contributed by atoms with E-state index in [1.54, 1.807) is 45.0 Å². The Morgan fingerprint density at radius 1 is 1.22 bits per heavy atom. The monoisotopic (exact) mass is 245 g/mol. The minimum absolute atomic E-state index is 0.0869. The predicted octanol–water partition coefficient (Wildman–Crippen LogP) is 2.94. The lowest BCUT2D eigenvalue weighted by molar-refractivity contribution is 0.0698. The number of carboxylic acid groups (broad SMARTS) is 1. The molecule has 1 N–H and O–H groups in total. The second-order valence-electron chi connectivity index (χ2n) is 4.61. The summed E-state index contributed by atoms with van der Waals surface area (Å²) < 4.78 is 1.50. The third kappa shape index (κ3) is 1.70. The van der Waals surface area contributed by atoms with Gasteiger partial charge in [0.25, 0.3) is 0 Å². The number of benzene rings is 1. The van der Waals surface area contributed by atoms with E-state index < -0.39 is 5.97 Å². The summed E-state index contributed by atoms with van der Waals surface area (Å²) in [5, 5.41) is 9.88. The quantitative estimate of drug-likeness (QED) is 0.884. The molecule has 1 aromatic carbocycles. The predicted molar refractivity (Wildman–Crippen MR) is 69.1 cm³/mol. The van der Waals surface area contributed by atoms with Crippen LogP contribution in [0.2, 0.25) is 0 Å². The maximum atomic E-state index is 12.2. The van der Waals surface area contributed by atoms with Crippen molar-refractivity contribution >= 4 is 22.8 Å². The Morgan fingerprint density at radius 3 is 2.39 bits per heavy atom. The van der Waals surface area contributed by atoms with Gasteiger partial charge in [-0.1, -0.05) is 32.0 Å². The first-order valence-corrected chi connectivity index (χ1v) is 5.82. The van der Waals surface area contributed by atoms with Crippen LogP contribution in [0.25, 0.3) is 10.9 Å². The fraction of sp³-hybridized carbons (Fsp3) is 0.286. The number of para-hydroxylation sites is 1. The van der Waals surface area contributed by atoms with E-state index in [-0.39, 0.29) is 17.4 Å². The molecule has 0 aliphatic heterocycles. The lowest BCUT2D eigenvalue weighted by Crippen LogP contribution is -2.18. The molecule has 4 heteroatoms. The fourth-order valence-corrected chi connectivity index (χ4v) is 2.18. The molecule has 0 aliphatic carbocycles. The zero-order valence-corrected chi connectivity index (χ0v) is 10.6. The summed E-state index contributed by atoms with van der Waals surface area (Å²) in [6.45, 7) is 5.28. The van der Waals surface area contributed by atoms with Crippen molar-refractivity contribution < 1.29 is 14.7 Å². The largest absolute Gasteiger partial charge is 0.478 e. The molecule has 18 heavy (non-hydrogen) atoms. The van der Waals surface area contributed by atoms with Crippen LogP contribution in [-0.2, 0) is 0 Å². The summed E-state index contributed by atoms with van der Waals surface area (Å²) in [7, 11) is 0. The summed E-state index contributed by atoms with van der Waals surface area (Å²) in [6, 6.07) is 7.08. The smallest absolute Gasteiger partial charge is 0.338 e. The molecule has 94 valence electrons. The number of aromatic carboxylic acids is 1. The number of carboxylic acids is 1. The first-order chi connectivity index (χ1) is 8.45. The van der Waals surface area contributed by atoms with E-state index in [1.165, 1.54) is 4.57 Å². The first kappa shape index (κ1) is 12.4.